The molecule has 3 heterocycles. The van der Waals surface area contributed by atoms with E-state index in [0.717, 1.165) is 22.6 Å². The fourth-order valence-corrected chi connectivity index (χ4v) is 3.73. The van der Waals surface area contributed by atoms with E-state index in [1.807, 2.05) is 31.5 Å². The summed E-state index contributed by atoms with van der Waals surface area (Å²) in [6, 6.07) is 8.38. The third-order valence-corrected chi connectivity index (χ3v) is 4.84. The van der Waals surface area contributed by atoms with Crippen molar-refractivity contribution in [3.05, 3.63) is 47.9 Å². The van der Waals surface area contributed by atoms with Crippen LogP contribution >= 0.6 is 30.3 Å². The summed E-state index contributed by atoms with van der Waals surface area (Å²) in [5.41, 5.74) is 5.55. The fourth-order valence-electron chi connectivity index (χ4n) is 2.09. The topological polar surface area (TPSA) is 30.7 Å². The van der Waals surface area contributed by atoms with Crippen LogP contribution in [0.5, 0.6) is 0 Å². The van der Waals surface area contributed by atoms with E-state index < -0.39 is 0 Å². The molecule has 3 rings (SSSR count). The lowest BCUT2D eigenvalue weighted by atomic mass is 10.1. The third kappa shape index (κ3) is 2.25. The van der Waals surface area contributed by atoms with Crippen molar-refractivity contribution in [1.29, 1.82) is 0 Å². The molecule has 0 bridgehead atoms. The van der Waals surface area contributed by atoms with Crippen LogP contribution in [-0.2, 0) is 0 Å². The van der Waals surface area contributed by atoms with E-state index in [1.165, 1.54) is 10.9 Å². The second kappa shape index (κ2) is 5.13. The molecule has 3 nitrogen and oxygen atoms in total. The Bertz CT molecular complexity index is 734. The van der Waals surface area contributed by atoms with Gasteiger partial charge in [-0.3, -0.25) is 8.96 Å². The standard InChI is InChI=1S/C14H12IN3S/c1-9-5-6-16-14-12(9)7-13(18(14)19-15)11-4-3-10(2)17-8-11/h3-8H,1-2H3. The molecule has 3 aromatic rings. The molecule has 96 valence electrons. The molecule has 0 N–H and O–H groups in total. The van der Waals surface area contributed by atoms with E-state index in [9.17, 15) is 0 Å². The molecule has 0 saturated heterocycles. The summed E-state index contributed by atoms with van der Waals surface area (Å²) in [6.45, 7) is 4.11. The molecule has 3 aromatic heterocycles. The van der Waals surface area contributed by atoms with Crippen LogP contribution in [0.25, 0.3) is 22.3 Å². The third-order valence-electron chi connectivity index (χ3n) is 3.16. The summed E-state index contributed by atoms with van der Waals surface area (Å²) in [7, 11) is 1.64. The maximum Gasteiger partial charge on any atom is 0.151 e. The van der Waals surface area contributed by atoms with Gasteiger partial charge in [0.15, 0.2) is 5.65 Å². The Morgan fingerprint density at radius 1 is 1.16 bits per heavy atom. The quantitative estimate of drug-likeness (QED) is 0.610. The van der Waals surface area contributed by atoms with Gasteiger partial charge in [-0.05, 0) is 43.7 Å². The van der Waals surface area contributed by atoms with Crippen LogP contribution in [0, 0.1) is 13.8 Å². The first kappa shape index (κ1) is 12.9. The Kier molecular flexibility index (Phi) is 3.49. The Labute approximate surface area is 128 Å². The van der Waals surface area contributed by atoms with E-state index in [1.54, 1.807) is 9.12 Å². The summed E-state index contributed by atoms with van der Waals surface area (Å²) in [5, 5.41) is 1.20. The predicted molar refractivity (Wildman–Crippen MR) is 89.4 cm³/mol. The molecule has 5 heteroatoms. The maximum atomic E-state index is 4.49. The fraction of sp³-hybridized carbons (Fsp3) is 0.143. The van der Waals surface area contributed by atoms with E-state index in [0.29, 0.717) is 0 Å². The zero-order valence-corrected chi connectivity index (χ0v) is 13.6. The van der Waals surface area contributed by atoms with Gasteiger partial charge >= 0.3 is 0 Å². The van der Waals surface area contributed by atoms with Gasteiger partial charge in [0.25, 0.3) is 0 Å². The molecule has 0 aliphatic rings. The van der Waals surface area contributed by atoms with Crippen molar-refractivity contribution in [2.24, 2.45) is 0 Å². The Morgan fingerprint density at radius 2 is 2.00 bits per heavy atom. The molecule has 0 unspecified atom stereocenters. The van der Waals surface area contributed by atoms with Crippen LogP contribution in [0.1, 0.15) is 11.3 Å². The number of aromatic nitrogens is 3. The van der Waals surface area contributed by atoms with Crippen molar-refractivity contribution in [3.8, 4) is 11.3 Å². The second-order valence-corrected chi connectivity index (χ2v) is 6.13. The highest BCUT2D eigenvalue weighted by Gasteiger charge is 2.13. The van der Waals surface area contributed by atoms with E-state index >= 15 is 0 Å². The highest BCUT2D eigenvalue weighted by Crippen LogP contribution is 2.34. The molecule has 0 saturated carbocycles. The van der Waals surface area contributed by atoms with Gasteiger partial charge in [-0.1, -0.05) is 0 Å². The molecule has 0 aliphatic heterocycles. The Balaban J connectivity index is 2.29. The van der Waals surface area contributed by atoms with E-state index in [-0.39, 0.29) is 0 Å². The highest BCUT2D eigenvalue weighted by atomic mass is 127. The zero-order valence-electron chi connectivity index (χ0n) is 10.6. The molecule has 0 atom stereocenters. The van der Waals surface area contributed by atoms with Gasteiger partial charge in [-0.25, -0.2) is 4.98 Å². The molecule has 0 spiro atoms. The lowest BCUT2D eigenvalue weighted by Crippen LogP contribution is -1.90. The van der Waals surface area contributed by atoms with Crippen LogP contribution < -0.4 is 0 Å². The number of rotatable bonds is 2. The number of fused-ring (bicyclic) bond motifs is 1. The summed E-state index contributed by atoms with van der Waals surface area (Å²) < 4.78 is 2.15. The van der Waals surface area contributed by atoms with Crippen LogP contribution in [0.3, 0.4) is 0 Å². The average molecular weight is 381 g/mol. The molecule has 0 fully saturated rings. The zero-order chi connectivity index (χ0) is 13.4. The van der Waals surface area contributed by atoms with Gasteiger partial charge in [-0.15, -0.1) is 0 Å². The minimum atomic E-state index is 1.01. The summed E-state index contributed by atoms with van der Waals surface area (Å²) >= 11 is 2.29. The molecule has 19 heavy (non-hydrogen) atoms. The van der Waals surface area contributed by atoms with Crippen molar-refractivity contribution in [3.63, 3.8) is 0 Å². The van der Waals surface area contributed by atoms with Gasteiger partial charge in [-0.2, -0.15) is 0 Å². The number of pyridine rings is 2. The molecule has 0 radical (unpaired) electrons. The first-order valence-electron chi connectivity index (χ1n) is 5.90. The smallest absolute Gasteiger partial charge is 0.151 e. The normalized spacial score (nSPS) is 11.1. The summed E-state index contributed by atoms with van der Waals surface area (Å²) in [5.74, 6) is 0. The van der Waals surface area contributed by atoms with Crippen LogP contribution in [0.4, 0.5) is 0 Å². The molecule has 0 aromatic carbocycles. The number of aryl methyl sites for hydroxylation is 2. The Morgan fingerprint density at radius 3 is 2.68 bits per heavy atom. The van der Waals surface area contributed by atoms with Crippen molar-refractivity contribution >= 4 is 41.4 Å². The number of halogens is 1. The van der Waals surface area contributed by atoms with E-state index in [4.69, 9.17) is 0 Å². The predicted octanol–water partition coefficient (Wildman–Crippen LogP) is 4.56. The van der Waals surface area contributed by atoms with Crippen LogP contribution in [-0.4, -0.2) is 13.9 Å². The van der Waals surface area contributed by atoms with Crippen LogP contribution in [0.2, 0.25) is 0 Å². The second-order valence-electron chi connectivity index (χ2n) is 4.45. The van der Waals surface area contributed by atoms with Crippen LogP contribution in [0.15, 0.2) is 36.7 Å². The first-order chi connectivity index (χ1) is 9.20. The minimum Gasteiger partial charge on any atom is -0.261 e. The molecular formula is C14H12IN3S. The number of hydrogen-bond acceptors (Lipinski definition) is 3. The van der Waals surface area contributed by atoms with E-state index in [2.05, 4.69) is 54.2 Å². The van der Waals surface area contributed by atoms with Gasteiger partial charge in [0.05, 0.1) is 5.69 Å². The van der Waals surface area contributed by atoms with Gasteiger partial charge in [0.2, 0.25) is 0 Å². The van der Waals surface area contributed by atoms with Gasteiger partial charge in [0, 0.05) is 59.4 Å². The van der Waals surface area contributed by atoms with Gasteiger partial charge in [0.1, 0.15) is 0 Å². The Hall–Kier alpha value is -1.08. The van der Waals surface area contributed by atoms with Gasteiger partial charge < -0.3 is 0 Å². The lowest BCUT2D eigenvalue weighted by molar-refractivity contribution is 1.19. The molecule has 0 aliphatic carbocycles. The first-order valence-corrected chi connectivity index (χ1v) is 9.21. The lowest BCUT2D eigenvalue weighted by Gasteiger charge is -2.05. The highest BCUT2D eigenvalue weighted by molar-refractivity contribution is 14.2. The monoisotopic (exact) mass is 381 g/mol. The van der Waals surface area contributed by atoms with Crippen molar-refractivity contribution in [2.75, 3.05) is 0 Å². The molecule has 0 amide bonds. The summed E-state index contributed by atoms with van der Waals surface area (Å²) in [4.78, 5) is 8.87. The average Bonchev–Trinajstić information content (AvgIpc) is 2.79. The maximum absolute atomic E-state index is 4.49. The SMILES string of the molecule is Cc1ccc(-c2cc3c(C)ccnc3n2SI)cn1. The van der Waals surface area contributed by atoms with Crippen molar-refractivity contribution in [2.45, 2.75) is 13.8 Å². The minimum absolute atomic E-state index is 1.01. The van der Waals surface area contributed by atoms with Crippen molar-refractivity contribution < 1.29 is 0 Å². The van der Waals surface area contributed by atoms with Crippen molar-refractivity contribution in [1.82, 2.24) is 13.9 Å². The number of nitrogens with zero attached hydrogens (tertiary/aromatic N) is 3. The summed E-state index contributed by atoms with van der Waals surface area (Å²) in [6.07, 6.45) is 3.78. The largest absolute Gasteiger partial charge is 0.261 e. The number of hydrogen-bond donors (Lipinski definition) is 0. The molecular weight excluding hydrogens is 369 g/mol.